The van der Waals surface area contributed by atoms with Crippen molar-refractivity contribution in [3.63, 3.8) is 0 Å². The standard InChI is InChI=1S/C23H18FNO3S/c1-3-10-28-19-9-8-14(11-20(19)27-2)16-12-21(26)25-22-17(13-29-23(16)22)15-6-4-5-7-18(15)24/h1,4-9,11,13,16H,10,12H2,2H3,(H,25,26)/t16-/m0/s1. The number of methoxy groups -OCH3 is 1. The van der Waals surface area contributed by atoms with Gasteiger partial charge in [0.15, 0.2) is 11.5 Å². The molecule has 1 atom stereocenters. The van der Waals surface area contributed by atoms with Crippen LogP contribution in [0.15, 0.2) is 47.8 Å². The SMILES string of the molecule is C#CCOc1ccc([C@@H]2CC(=O)Nc3c(-c4ccccc4F)csc32)cc1OC. The Morgan fingerprint density at radius 1 is 1.24 bits per heavy atom. The average molecular weight is 407 g/mol. The maximum absolute atomic E-state index is 14.3. The van der Waals surface area contributed by atoms with Gasteiger partial charge in [0.05, 0.1) is 12.8 Å². The maximum atomic E-state index is 14.3. The van der Waals surface area contributed by atoms with Crippen molar-refractivity contribution in [3.05, 3.63) is 64.1 Å². The van der Waals surface area contributed by atoms with Gasteiger partial charge in [0.1, 0.15) is 12.4 Å². The summed E-state index contributed by atoms with van der Waals surface area (Å²) in [4.78, 5) is 13.4. The molecule has 4 nitrogen and oxygen atoms in total. The number of thiophene rings is 1. The molecule has 1 aliphatic heterocycles. The lowest BCUT2D eigenvalue weighted by molar-refractivity contribution is -0.116. The molecule has 1 aliphatic rings. The highest BCUT2D eigenvalue weighted by Gasteiger charge is 2.31. The second-order valence-corrected chi connectivity index (χ2v) is 7.49. The predicted molar refractivity (Wildman–Crippen MR) is 112 cm³/mol. The van der Waals surface area contributed by atoms with Gasteiger partial charge < -0.3 is 14.8 Å². The number of benzene rings is 2. The first kappa shape index (κ1) is 19.0. The molecule has 0 fully saturated rings. The summed E-state index contributed by atoms with van der Waals surface area (Å²) >= 11 is 1.51. The molecular formula is C23H18FNO3S. The molecule has 3 aromatic rings. The van der Waals surface area contributed by atoms with E-state index in [4.69, 9.17) is 15.9 Å². The Kier molecular flexibility index (Phi) is 5.24. The van der Waals surface area contributed by atoms with Crippen LogP contribution in [0.25, 0.3) is 11.1 Å². The summed E-state index contributed by atoms with van der Waals surface area (Å²) in [6, 6.07) is 12.1. The quantitative estimate of drug-likeness (QED) is 0.602. The van der Waals surface area contributed by atoms with Gasteiger partial charge in [-0.1, -0.05) is 30.2 Å². The molecule has 1 N–H and O–H groups in total. The van der Waals surface area contributed by atoms with Gasteiger partial charge in [0.2, 0.25) is 5.91 Å². The van der Waals surface area contributed by atoms with E-state index in [0.717, 1.165) is 10.4 Å². The Hall–Kier alpha value is -3.30. The third-order valence-corrected chi connectivity index (χ3v) is 5.95. The molecular weight excluding hydrogens is 389 g/mol. The summed E-state index contributed by atoms with van der Waals surface area (Å²) < 4.78 is 25.3. The van der Waals surface area contributed by atoms with E-state index in [9.17, 15) is 9.18 Å². The fourth-order valence-corrected chi connectivity index (χ4v) is 4.67. The number of carbonyl (C=O) groups excluding carboxylic acids is 1. The summed E-state index contributed by atoms with van der Waals surface area (Å²) in [5.74, 6) is 2.95. The minimum Gasteiger partial charge on any atom is -0.493 e. The second-order valence-electron chi connectivity index (χ2n) is 6.58. The third-order valence-electron chi connectivity index (χ3n) is 4.85. The lowest BCUT2D eigenvalue weighted by atomic mass is 9.89. The Labute approximate surface area is 172 Å². The summed E-state index contributed by atoms with van der Waals surface area (Å²) in [6.45, 7) is 0.141. The first-order valence-corrected chi connectivity index (χ1v) is 9.90. The number of anilines is 1. The van der Waals surface area contributed by atoms with Gasteiger partial charge in [0, 0.05) is 33.7 Å². The number of fused-ring (bicyclic) bond motifs is 1. The molecule has 146 valence electrons. The third kappa shape index (κ3) is 3.57. The van der Waals surface area contributed by atoms with Crippen LogP contribution in [0.1, 0.15) is 22.8 Å². The molecule has 6 heteroatoms. The summed E-state index contributed by atoms with van der Waals surface area (Å²) in [5.41, 5.74) is 2.77. The summed E-state index contributed by atoms with van der Waals surface area (Å²) in [6.07, 6.45) is 5.56. The molecule has 0 aliphatic carbocycles. The van der Waals surface area contributed by atoms with Gasteiger partial charge in [-0.2, -0.15) is 0 Å². The largest absolute Gasteiger partial charge is 0.493 e. The smallest absolute Gasteiger partial charge is 0.225 e. The van der Waals surface area contributed by atoms with Crippen LogP contribution in [0.3, 0.4) is 0 Å². The zero-order chi connectivity index (χ0) is 20.4. The van der Waals surface area contributed by atoms with Crippen LogP contribution in [0.4, 0.5) is 10.1 Å². The number of terminal acetylenes is 1. The fourth-order valence-electron chi connectivity index (χ4n) is 3.51. The highest BCUT2D eigenvalue weighted by Crippen LogP contribution is 2.47. The Bertz CT molecular complexity index is 1120. The van der Waals surface area contributed by atoms with Crippen LogP contribution in [-0.4, -0.2) is 19.6 Å². The van der Waals surface area contributed by atoms with Gasteiger partial charge in [-0.15, -0.1) is 17.8 Å². The van der Waals surface area contributed by atoms with E-state index < -0.39 is 0 Å². The topological polar surface area (TPSA) is 47.6 Å². The number of halogens is 1. The molecule has 29 heavy (non-hydrogen) atoms. The van der Waals surface area contributed by atoms with Crippen LogP contribution in [0, 0.1) is 18.2 Å². The molecule has 2 heterocycles. The molecule has 0 bridgehead atoms. The number of rotatable bonds is 5. The molecule has 1 aromatic heterocycles. The molecule has 0 unspecified atom stereocenters. The van der Waals surface area contributed by atoms with Gasteiger partial charge in [-0.05, 0) is 23.8 Å². The zero-order valence-electron chi connectivity index (χ0n) is 15.7. The van der Waals surface area contributed by atoms with Crippen molar-refractivity contribution in [2.45, 2.75) is 12.3 Å². The van der Waals surface area contributed by atoms with Crippen molar-refractivity contribution in [2.24, 2.45) is 0 Å². The number of carbonyl (C=O) groups is 1. The fraction of sp³-hybridized carbons (Fsp3) is 0.174. The highest BCUT2D eigenvalue weighted by atomic mass is 32.1. The highest BCUT2D eigenvalue weighted by molar-refractivity contribution is 7.11. The van der Waals surface area contributed by atoms with Crippen LogP contribution in [0.2, 0.25) is 0 Å². The predicted octanol–water partition coefficient (Wildman–Crippen LogP) is 5.05. The number of hydrogen-bond acceptors (Lipinski definition) is 4. The molecule has 0 spiro atoms. The van der Waals surface area contributed by atoms with Gasteiger partial charge in [-0.3, -0.25) is 4.79 Å². The summed E-state index contributed by atoms with van der Waals surface area (Å²) in [5, 5.41) is 4.82. The minimum absolute atomic E-state index is 0.106. The molecule has 1 amide bonds. The van der Waals surface area contributed by atoms with Gasteiger partial charge in [-0.25, -0.2) is 4.39 Å². The van der Waals surface area contributed by atoms with E-state index >= 15 is 0 Å². The van der Waals surface area contributed by atoms with E-state index in [1.165, 1.54) is 17.4 Å². The van der Waals surface area contributed by atoms with E-state index in [0.29, 0.717) is 34.7 Å². The number of hydrogen-bond donors (Lipinski definition) is 1. The van der Waals surface area contributed by atoms with E-state index in [1.807, 2.05) is 17.5 Å². The number of ether oxygens (including phenoxy) is 2. The van der Waals surface area contributed by atoms with Crippen molar-refractivity contribution < 1.29 is 18.7 Å². The summed E-state index contributed by atoms with van der Waals surface area (Å²) in [7, 11) is 1.56. The first-order valence-electron chi connectivity index (χ1n) is 9.02. The Balaban J connectivity index is 1.76. The average Bonchev–Trinajstić information content (AvgIpc) is 3.15. The molecule has 0 saturated heterocycles. The first-order chi connectivity index (χ1) is 14.1. The molecule has 0 radical (unpaired) electrons. The van der Waals surface area contributed by atoms with Crippen LogP contribution >= 0.6 is 11.3 Å². The van der Waals surface area contributed by atoms with Crippen molar-refractivity contribution in [2.75, 3.05) is 19.0 Å². The van der Waals surface area contributed by atoms with Crippen molar-refractivity contribution in [1.82, 2.24) is 0 Å². The Morgan fingerprint density at radius 2 is 2.07 bits per heavy atom. The minimum atomic E-state index is -0.318. The van der Waals surface area contributed by atoms with E-state index in [-0.39, 0.29) is 24.2 Å². The maximum Gasteiger partial charge on any atom is 0.225 e. The monoisotopic (exact) mass is 407 g/mol. The molecule has 2 aromatic carbocycles. The van der Waals surface area contributed by atoms with Crippen LogP contribution < -0.4 is 14.8 Å². The lowest BCUT2D eigenvalue weighted by Gasteiger charge is -2.24. The molecule has 4 rings (SSSR count). The van der Waals surface area contributed by atoms with Crippen molar-refractivity contribution in [1.29, 1.82) is 0 Å². The van der Waals surface area contributed by atoms with Crippen LogP contribution in [0.5, 0.6) is 11.5 Å². The van der Waals surface area contributed by atoms with Crippen molar-refractivity contribution in [3.8, 4) is 35.0 Å². The number of nitrogens with one attached hydrogen (secondary N) is 1. The second kappa shape index (κ2) is 7.98. The van der Waals surface area contributed by atoms with Gasteiger partial charge >= 0.3 is 0 Å². The van der Waals surface area contributed by atoms with Crippen LogP contribution in [-0.2, 0) is 4.79 Å². The van der Waals surface area contributed by atoms with Crippen molar-refractivity contribution >= 4 is 22.9 Å². The lowest BCUT2D eigenvalue weighted by Crippen LogP contribution is -2.22. The Morgan fingerprint density at radius 3 is 2.83 bits per heavy atom. The zero-order valence-corrected chi connectivity index (χ0v) is 16.5. The van der Waals surface area contributed by atoms with Gasteiger partial charge in [0.25, 0.3) is 0 Å². The van der Waals surface area contributed by atoms with E-state index in [2.05, 4.69) is 11.2 Å². The van der Waals surface area contributed by atoms with E-state index in [1.54, 1.807) is 31.4 Å². The normalized spacial score (nSPS) is 15.2. The molecule has 0 saturated carbocycles. The number of amides is 1.